The van der Waals surface area contributed by atoms with Crippen LogP contribution in [0.2, 0.25) is 0 Å². The number of benzene rings is 1. The summed E-state index contributed by atoms with van der Waals surface area (Å²) in [5.41, 5.74) is 0.939. The highest BCUT2D eigenvalue weighted by molar-refractivity contribution is 5.93. The highest BCUT2D eigenvalue weighted by atomic mass is 35.5. The van der Waals surface area contributed by atoms with Gasteiger partial charge in [-0.2, -0.15) is 8.78 Å². The molecule has 2 rings (SSSR count). The van der Waals surface area contributed by atoms with Crippen LogP contribution in [0.4, 0.5) is 14.5 Å². The maximum Gasteiger partial charge on any atom is 0.387 e. The van der Waals surface area contributed by atoms with Crippen molar-refractivity contribution in [2.75, 3.05) is 25.1 Å². The molecule has 1 unspecified atom stereocenters. The number of carbonyl (C=O) groups excluding carboxylic acids is 1. The van der Waals surface area contributed by atoms with Crippen molar-refractivity contribution >= 4 is 24.0 Å². The van der Waals surface area contributed by atoms with E-state index in [1.165, 1.54) is 6.07 Å². The van der Waals surface area contributed by atoms with Gasteiger partial charge in [-0.1, -0.05) is 12.1 Å². The van der Waals surface area contributed by atoms with Gasteiger partial charge in [-0.15, -0.1) is 12.4 Å². The summed E-state index contributed by atoms with van der Waals surface area (Å²) >= 11 is 0. The molecule has 22 heavy (non-hydrogen) atoms. The number of ether oxygens (including phenoxy) is 2. The maximum atomic E-state index is 12.4. The zero-order chi connectivity index (χ0) is 15.2. The standard InChI is InChI=1S/C14H18F2N2O3.ClH/c1-9-3-2-4-11(21-14(15)16)13(9)18-12(19)7-10-8-20-6-5-17-10;/h2-4,10,14,17H,5-8H2,1H3,(H,18,19);1H. The monoisotopic (exact) mass is 336 g/mol. The van der Waals surface area contributed by atoms with E-state index in [0.29, 0.717) is 25.3 Å². The van der Waals surface area contributed by atoms with E-state index in [0.717, 1.165) is 0 Å². The van der Waals surface area contributed by atoms with E-state index in [4.69, 9.17) is 4.74 Å². The summed E-state index contributed by atoms with van der Waals surface area (Å²) in [7, 11) is 0. The molecule has 5 nitrogen and oxygen atoms in total. The molecule has 1 amide bonds. The van der Waals surface area contributed by atoms with Gasteiger partial charge in [-0.3, -0.25) is 4.79 Å². The molecule has 0 aromatic heterocycles. The van der Waals surface area contributed by atoms with E-state index in [2.05, 4.69) is 15.4 Å². The SMILES string of the molecule is Cc1cccc(OC(F)F)c1NC(=O)CC1COCCN1.Cl. The number of para-hydroxylation sites is 1. The molecule has 1 aliphatic heterocycles. The minimum absolute atomic E-state index is 0. The smallest absolute Gasteiger partial charge is 0.387 e. The number of anilines is 1. The molecule has 8 heteroatoms. The molecule has 0 bridgehead atoms. The van der Waals surface area contributed by atoms with Crippen LogP contribution in [0, 0.1) is 6.92 Å². The Hall–Kier alpha value is -1.44. The van der Waals surface area contributed by atoms with Gasteiger partial charge in [0.1, 0.15) is 5.75 Å². The van der Waals surface area contributed by atoms with Crippen LogP contribution < -0.4 is 15.4 Å². The van der Waals surface area contributed by atoms with Crippen LogP contribution in [0.25, 0.3) is 0 Å². The Morgan fingerprint density at radius 1 is 1.55 bits per heavy atom. The number of aryl methyl sites for hydroxylation is 1. The lowest BCUT2D eigenvalue weighted by molar-refractivity contribution is -0.117. The van der Waals surface area contributed by atoms with Crippen LogP contribution in [0.3, 0.4) is 0 Å². The van der Waals surface area contributed by atoms with Crippen molar-refractivity contribution in [1.82, 2.24) is 5.32 Å². The molecule has 1 saturated heterocycles. The molecule has 1 fully saturated rings. The van der Waals surface area contributed by atoms with Crippen LogP contribution in [0.5, 0.6) is 5.75 Å². The van der Waals surface area contributed by atoms with E-state index < -0.39 is 6.61 Å². The maximum absolute atomic E-state index is 12.4. The first kappa shape index (κ1) is 18.6. The second-order valence-electron chi connectivity index (χ2n) is 4.80. The highest BCUT2D eigenvalue weighted by Gasteiger charge is 2.19. The lowest BCUT2D eigenvalue weighted by Gasteiger charge is -2.23. The zero-order valence-electron chi connectivity index (χ0n) is 12.1. The summed E-state index contributed by atoms with van der Waals surface area (Å²) in [6.07, 6.45) is 0.211. The number of nitrogens with one attached hydrogen (secondary N) is 2. The van der Waals surface area contributed by atoms with Crippen LogP contribution >= 0.6 is 12.4 Å². The lowest BCUT2D eigenvalue weighted by Crippen LogP contribution is -2.43. The van der Waals surface area contributed by atoms with Crippen molar-refractivity contribution in [3.05, 3.63) is 23.8 Å². The summed E-state index contributed by atoms with van der Waals surface area (Å²) < 4.78 is 34.5. The molecule has 1 aromatic carbocycles. The molecule has 0 saturated carbocycles. The van der Waals surface area contributed by atoms with E-state index in [9.17, 15) is 13.6 Å². The van der Waals surface area contributed by atoms with Gasteiger partial charge in [0.25, 0.3) is 0 Å². The van der Waals surface area contributed by atoms with Crippen molar-refractivity contribution in [3.63, 3.8) is 0 Å². The van der Waals surface area contributed by atoms with Crippen molar-refractivity contribution in [2.45, 2.75) is 26.0 Å². The van der Waals surface area contributed by atoms with Gasteiger partial charge >= 0.3 is 6.61 Å². The number of halogens is 3. The van der Waals surface area contributed by atoms with Crippen LogP contribution in [-0.4, -0.2) is 38.3 Å². The number of hydrogen-bond donors (Lipinski definition) is 2. The Morgan fingerprint density at radius 2 is 2.32 bits per heavy atom. The summed E-state index contributed by atoms with van der Waals surface area (Å²) in [5, 5.41) is 5.80. The topological polar surface area (TPSA) is 59.6 Å². The van der Waals surface area contributed by atoms with Crippen LogP contribution in [-0.2, 0) is 9.53 Å². The number of amides is 1. The molecule has 1 aromatic rings. The summed E-state index contributed by atoms with van der Waals surface area (Å²) in [5.74, 6) is -0.308. The second kappa shape index (κ2) is 8.87. The van der Waals surface area contributed by atoms with Gasteiger partial charge in [0.05, 0.1) is 18.9 Å². The average Bonchev–Trinajstić information content (AvgIpc) is 2.43. The number of carbonyl (C=O) groups is 1. The predicted molar refractivity (Wildman–Crippen MR) is 80.9 cm³/mol. The Labute approximate surface area is 133 Å². The second-order valence-corrected chi connectivity index (χ2v) is 4.80. The third-order valence-corrected chi connectivity index (χ3v) is 3.15. The molecule has 1 aliphatic rings. The predicted octanol–water partition coefficient (Wildman–Crippen LogP) is 2.34. The number of hydrogen-bond acceptors (Lipinski definition) is 4. The fourth-order valence-corrected chi connectivity index (χ4v) is 2.16. The first-order chi connectivity index (χ1) is 10.1. The summed E-state index contributed by atoms with van der Waals surface area (Å²) in [4.78, 5) is 12.0. The van der Waals surface area contributed by atoms with Gasteiger partial charge < -0.3 is 20.1 Å². The number of alkyl halides is 2. The lowest BCUT2D eigenvalue weighted by atomic mass is 10.1. The molecule has 0 spiro atoms. The number of rotatable bonds is 5. The normalized spacial score (nSPS) is 17.7. The molecular formula is C14H19ClF2N2O3. The zero-order valence-corrected chi connectivity index (χ0v) is 12.9. The third-order valence-electron chi connectivity index (χ3n) is 3.15. The van der Waals surface area contributed by atoms with E-state index in [-0.39, 0.29) is 42.2 Å². The first-order valence-corrected chi connectivity index (χ1v) is 6.71. The Morgan fingerprint density at radius 3 is 2.95 bits per heavy atom. The Bertz CT molecular complexity index is 497. The molecule has 2 N–H and O–H groups in total. The van der Waals surface area contributed by atoms with Gasteiger partial charge in [0.2, 0.25) is 5.91 Å². The van der Waals surface area contributed by atoms with Crippen molar-refractivity contribution < 1.29 is 23.0 Å². The largest absolute Gasteiger partial charge is 0.433 e. The molecule has 1 atom stereocenters. The van der Waals surface area contributed by atoms with Crippen LogP contribution in [0.15, 0.2) is 18.2 Å². The Balaban J connectivity index is 0.00000242. The van der Waals surface area contributed by atoms with Crippen LogP contribution in [0.1, 0.15) is 12.0 Å². The first-order valence-electron chi connectivity index (χ1n) is 6.71. The average molecular weight is 337 g/mol. The summed E-state index contributed by atoms with van der Waals surface area (Å²) in [6, 6.07) is 4.65. The van der Waals surface area contributed by atoms with Crippen molar-refractivity contribution in [3.8, 4) is 5.75 Å². The Kier molecular flexibility index (Phi) is 7.50. The van der Waals surface area contributed by atoms with Gasteiger partial charge in [-0.05, 0) is 18.6 Å². The fourth-order valence-electron chi connectivity index (χ4n) is 2.16. The highest BCUT2D eigenvalue weighted by Crippen LogP contribution is 2.29. The minimum atomic E-state index is -2.93. The van der Waals surface area contributed by atoms with Gasteiger partial charge in [0, 0.05) is 19.0 Å². The fraction of sp³-hybridized carbons (Fsp3) is 0.500. The minimum Gasteiger partial charge on any atom is -0.433 e. The van der Waals surface area contributed by atoms with Gasteiger partial charge in [0.15, 0.2) is 0 Å². The van der Waals surface area contributed by atoms with Crippen molar-refractivity contribution in [2.24, 2.45) is 0 Å². The van der Waals surface area contributed by atoms with E-state index >= 15 is 0 Å². The molecular weight excluding hydrogens is 318 g/mol. The van der Waals surface area contributed by atoms with E-state index in [1.54, 1.807) is 19.1 Å². The molecule has 0 aliphatic carbocycles. The quantitative estimate of drug-likeness (QED) is 0.866. The molecule has 0 radical (unpaired) electrons. The van der Waals surface area contributed by atoms with E-state index in [1.807, 2.05) is 0 Å². The number of morpholine rings is 1. The third kappa shape index (κ3) is 5.40. The van der Waals surface area contributed by atoms with Gasteiger partial charge in [-0.25, -0.2) is 0 Å². The molecule has 1 heterocycles. The molecule has 124 valence electrons. The van der Waals surface area contributed by atoms with Crippen molar-refractivity contribution in [1.29, 1.82) is 0 Å². The summed E-state index contributed by atoms with van der Waals surface area (Å²) in [6.45, 7) is 0.567.